The van der Waals surface area contributed by atoms with Crippen LogP contribution < -0.4 is 0 Å². The van der Waals surface area contributed by atoms with Gasteiger partial charge in [-0.25, -0.2) is 4.79 Å². The van der Waals surface area contributed by atoms with Gasteiger partial charge in [0.15, 0.2) is 6.10 Å². The van der Waals surface area contributed by atoms with E-state index < -0.39 is 17.0 Å². The molecule has 0 amide bonds. The predicted octanol–water partition coefficient (Wildman–Crippen LogP) is 3.02. The minimum atomic E-state index is -0.978. The first-order valence-corrected chi connectivity index (χ1v) is 6.53. The van der Waals surface area contributed by atoms with Crippen molar-refractivity contribution in [3.63, 3.8) is 0 Å². The van der Waals surface area contributed by atoms with Gasteiger partial charge in [0.25, 0.3) is 5.69 Å². The van der Waals surface area contributed by atoms with Crippen LogP contribution in [0.25, 0.3) is 0 Å². The van der Waals surface area contributed by atoms with E-state index in [2.05, 4.69) is 0 Å². The van der Waals surface area contributed by atoms with Crippen LogP contribution in [-0.4, -0.2) is 22.8 Å². The van der Waals surface area contributed by atoms with Gasteiger partial charge in [-0.15, -0.1) is 0 Å². The summed E-state index contributed by atoms with van der Waals surface area (Å²) < 4.78 is 5.08. The summed E-state index contributed by atoms with van der Waals surface area (Å²) in [6.45, 7) is 1.46. The van der Waals surface area contributed by atoms with Crippen LogP contribution in [0.1, 0.15) is 27.6 Å². The number of ketones is 1. The third-order valence-corrected chi connectivity index (χ3v) is 3.00. The second kappa shape index (κ2) is 6.62. The van der Waals surface area contributed by atoms with E-state index in [1.54, 1.807) is 30.3 Å². The number of carbonyl (C=O) groups is 2. The first-order valence-electron chi connectivity index (χ1n) is 6.53. The van der Waals surface area contributed by atoms with E-state index in [1.807, 2.05) is 0 Å². The SMILES string of the molecule is C[C@H](OC(=O)c1cccc([N+](=O)[O-])c1)C(=O)c1ccccc1. The molecule has 2 aromatic carbocycles. The van der Waals surface area contributed by atoms with Crippen molar-refractivity contribution in [1.82, 2.24) is 0 Å². The molecule has 22 heavy (non-hydrogen) atoms. The van der Waals surface area contributed by atoms with Gasteiger partial charge in [-0.3, -0.25) is 14.9 Å². The fraction of sp³-hybridized carbons (Fsp3) is 0.125. The number of ether oxygens (including phenoxy) is 1. The average Bonchev–Trinajstić information content (AvgIpc) is 2.54. The lowest BCUT2D eigenvalue weighted by Gasteiger charge is -2.12. The molecule has 0 N–H and O–H groups in total. The average molecular weight is 299 g/mol. The molecule has 112 valence electrons. The van der Waals surface area contributed by atoms with Crippen molar-refractivity contribution in [1.29, 1.82) is 0 Å². The zero-order chi connectivity index (χ0) is 16.1. The maximum Gasteiger partial charge on any atom is 0.339 e. The van der Waals surface area contributed by atoms with Gasteiger partial charge in [-0.05, 0) is 13.0 Å². The Labute approximate surface area is 126 Å². The molecule has 0 spiro atoms. The van der Waals surface area contributed by atoms with E-state index in [1.165, 1.54) is 25.1 Å². The largest absolute Gasteiger partial charge is 0.451 e. The molecule has 0 bridgehead atoms. The number of carbonyl (C=O) groups excluding carboxylic acids is 2. The lowest BCUT2D eigenvalue weighted by atomic mass is 10.1. The van der Waals surface area contributed by atoms with E-state index >= 15 is 0 Å². The van der Waals surface area contributed by atoms with E-state index in [0.717, 1.165) is 6.07 Å². The van der Waals surface area contributed by atoms with Crippen molar-refractivity contribution >= 4 is 17.4 Å². The summed E-state index contributed by atoms with van der Waals surface area (Å²) in [5, 5.41) is 10.7. The Morgan fingerprint density at radius 1 is 1.05 bits per heavy atom. The number of hydrogen-bond acceptors (Lipinski definition) is 5. The van der Waals surface area contributed by atoms with Crippen LogP contribution in [0.4, 0.5) is 5.69 Å². The first kappa shape index (κ1) is 15.4. The number of esters is 1. The molecule has 0 aliphatic heterocycles. The molecule has 0 heterocycles. The molecular weight excluding hydrogens is 286 g/mol. The summed E-state index contributed by atoms with van der Waals surface area (Å²) in [7, 11) is 0. The highest BCUT2D eigenvalue weighted by molar-refractivity contribution is 6.01. The molecule has 0 aliphatic carbocycles. The molecule has 0 aliphatic rings. The summed E-state index contributed by atoms with van der Waals surface area (Å²) in [4.78, 5) is 34.2. The lowest BCUT2D eigenvalue weighted by molar-refractivity contribution is -0.384. The highest BCUT2D eigenvalue weighted by Gasteiger charge is 2.21. The molecule has 0 radical (unpaired) electrons. The zero-order valence-electron chi connectivity index (χ0n) is 11.8. The van der Waals surface area contributed by atoms with Gasteiger partial charge in [0.05, 0.1) is 10.5 Å². The highest BCUT2D eigenvalue weighted by Crippen LogP contribution is 2.15. The monoisotopic (exact) mass is 299 g/mol. The molecule has 0 aromatic heterocycles. The number of nitro groups is 1. The van der Waals surface area contributed by atoms with E-state index in [4.69, 9.17) is 4.74 Å². The Hall–Kier alpha value is -3.02. The molecule has 0 fully saturated rings. The fourth-order valence-electron chi connectivity index (χ4n) is 1.87. The molecule has 6 heteroatoms. The number of benzene rings is 2. The summed E-state index contributed by atoms with van der Waals surface area (Å²) in [5.41, 5.74) is 0.250. The van der Waals surface area contributed by atoms with Crippen molar-refractivity contribution < 1.29 is 19.2 Å². The third kappa shape index (κ3) is 3.54. The summed E-state index contributed by atoms with van der Waals surface area (Å²) >= 11 is 0. The third-order valence-electron chi connectivity index (χ3n) is 3.00. The molecule has 0 saturated heterocycles. The highest BCUT2D eigenvalue weighted by atomic mass is 16.6. The summed E-state index contributed by atoms with van der Waals surface area (Å²) in [6, 6.07) is 13.6. The van der Waals surface area contributed by atoms with Crippen molar-refractivity contribution in [2.45, 2.75) is 13.0 Å². The van der Waals surface area contributed by atoms with Gasteiger partial charge in [0.2, 0.25) is 5.78 Å². The van der Waals surface area contributed by atoms with E-state index in [0.29, 0.717) is 5.56 Å². The molecule has 6 nitrogen and oxygen atoms in total. The molecule has 1 atom stereocenters. The maximum atomic E-state index is 12.1. The minimum absolute atomic E-state index is 0.0295. The summed E-state index contributed by atoms with van der Waals surface area (Å²) in [5.74, 6) is -1.11. The second-order valence-corrected chi connectivity index (χ2v) is 4.59. The van der Waals surface area contributed by atoms with Crippen molar-refractivity contribution in [2.75, 3.05) is 0 Å². The number of nitrogens with zero attached hydrogens (tertiary/aromatic N) is 1. The van der Waals surface area contributed by atoms with Crippen LogP contribution in [0, 0.1) is 10.1 Å². The van der Waals surface area contributed by atoms with Crippen LogP contribution in [-0.2, 0) is 4.74 Å². The fourth-order valence-corrected chi connectivity index (χ4v) is 1.87. The normalized spacial score (nSPS) is 11.5. The van der Waals surface area contributed by atoms with Crippen molar-refractivity contribution in [3.05, 3.63) is 75.8 Å². The smallest absolute Gasteiger partial charge is 0.339 e. The number of rotatable bonds is 5. The van der Waals surface area contributed by atoms with Gasteiger partial charge in [0.1, 0.15) is 0 Å². The number of Topliss-reactive ketones (excluding diaryl/α,β-unsaturated/α-hetero) is 1. The van der Waals surface area contributed by atoms with Gasteiger partial charge < -0.3 is 4.74 Å². The standard InChI is InChI=1S/C16H13NO5/c1-11(15(18)12-6-3-2-4-7-12)22-16(19)13-8-5-9-14(10-13)17(20)21/h2-11H,1H3/t11-/m0/s1. The molecule has 0 saturated carbocycles. The van der Waals surface area contributed by atoms with Crippen LogP contribution >= 0.6 is 0 Å². The molecule has 0 unspecified atom stereocenters. The predicted molar refractivity (Wildman–Crippen MR) is 78.7 cm³/mol. The molecule has 2 rings (SSSR count). The van der Waals surface area contributed by atoms with E-state index in [9.17, 15) is 19.7 Å². The molecule has 2 aromatic rings. The Morgan fingerprint density at radius 3 is 2.32 bits per heavy atom. The van der Waals surface area contributed by atoms with Gasteiger partial charge >= 0.3 is 5.97 Å². The quantitative estimate of drug-likeness (QED) is 0.366. The summed E-state index contributed by atoms with van der Waals surface area (Å²) in [6.07, 6.45) is -0.978. The number of non-ortho nitro benzene ring substituents is 1. The lowest BCUT2D eigenvalue weighted by Crippen LogP contribution is -2.24. The minimum Gasteiger partial charge on any atom is -0.451 e. The first-order chi connectivity index (χ1) is 10.5. The zero-order valence-corrected chi connectivity index (χ0v) is 11.8. The Morgan fingerprint density at radius 2 is 1.68 bits per heavy atom. The van der Waals surface area contributed by atoms with Gasteiger partial charge in [-0.1, -0.05) is 36.4 Å². The van der Waals surface area contributed by atoms with Crippen LogP contribution in [0.15, 0.2) is 54.6 Å². The van der Waals surface area contributed by atoms with Gasteiger partial charge in [-0.2, -0.15) is 0 Å². The Kier molecular flexibility index (Phi) is 4.63. The Bertz CT molecular complexity index is 711. The van der Waals surface area contributed by atoms with Crippen molar-refractivity contribution in [3.8, 4) is 0 Å². The van der Waals surface area contributed by atoms with Crippen LogP contribution in [0.5, 0.6) is 0 Å². The van der Waals surface area contributed by atoms with Crippen LogP contribution in [0.3, 0.4) is 0 Å². The van der Waals surface area contributed by atoms with Crippen molar-refractivity contribution in [2.24, 2.45) is 0 Å². The van der Waals surface area contributed by atoms with Crippen LogP contribution in [0.2, 0.25) is 0 Å². The number of hydrogen-bond donors (Lipinski definition) is 0. The second-order valence-electron chi connectivity index (χ2n) is 4.59. The topological polar surface area (TPSA) is 86.5 Å². The Balaban J connectivity index is 2.10. The molecular formula is C16H13NO5. The maximum absolute atomic E-state index is 12.1. The van der Waals surface area contributed by atoms with E-state index in [-0.39, 0.29) is 17.0 Å². The van der Waals surface area contributed by atoms with Gasteiger partial charge in [0, 0.05) is 17.7 Å². The number of nitro benzene ring substituents is 1.